The summed E-state index contributed by atoms with van der Waals surface area (Å²) in [5.74, 6) is -0.702. The second-order valence-corrected chi connectivity index (χ2v) is 3.00. The zero-order valence-electron chi connectivity index (χ0n) is 7.90. The quantitative estimate of drug-likeness (QED) is 0.772. The van der Waals surface area contributed by atoms with E-state index in [-0.39, 0.29) is 12.2 Å². The molecule has 0 aromatic heterocycles. The molecule has 0 fully saturated rings. The molecule has 0 saturated carbocycles. The van der Waals surface area contributed by atoms with Crippen molar-refractivity contribution in [2.45, 2.75) is 13.3 Å². The molecule has 0 spiro atoms. The highest BCUT2D eigenvalue weighted by Gasteiger charge is 2.01. The van der Waals surface area contributed by atoms with Crippen molar-refractivity contribution >= 4 is 11.5 Å². The number of hydrogen-bond acceptors (Lipinski definition) is 2. The Balaban J connectivity index is 2.89. The summed E-state index contributed by atoms with van der Waals surface area (Å²) < 4.78 is 0. The number of phenolic OH excluding ortho intramolecular Hbond substituents is 1. The lowest BCUT2D eigenvalue weighted by atomic mass is 10.1. The highest BCUT2D eigenvalue weighted by molar-refractivity contribution is 5.75. The van der Waals surface area contributed by atoms with Crippen molar-refractivity contribution in [2.75, 3.05) is 0 Å². The van der Waals surface area contributed by atoms with E-state index < -0.39 is 5.97 Å². The van der Waals surface area contributed by atoms with E-state index in [4.69, 9.17) is 5.11 Å². The lowest BCUT2D eigenvalue weighted by Crippen LogP contribution is -1.91. The van der Waals surface area contributed by atoms with E-state index in [0.29, 0.717) is 5.56 Å². The van der Waals surface area contributed by atoms with Gasteiger partial charge in [0.25, 0.3) is 0 Å². The van der Waals surface area contributed by atoms with Crippen LogP contribution in [0.25, 0.3) is 5.57 Å². The zero-order chi connectivity index (χ0) is 10.6. The predicted molar refractivity (Wildman–Crippen MR) is 54.0 cm³/mol. The molecule has 3 heteroatoms. The van der Waals surface area contributed by atoms with E-state index in [2.05, 4.69) is 0 Å². The molecule has 0 amide bonds. The van der Waals surface area contributed by atoms with Gasteiger partial charge in [0, 0.05) is 5.56 Å². The molecule has 0 bridgehead atoms. The molecule has 14 heavy (non-hydrogen) atoms. The summed E-state index contributed by atoms with van der Waals surface area (Å²) >= 11 is 0. The van der Waals surface area contributed by atoms with Crippen LogP contribution in [0, 0.1) is 0 Å². The molecule has 1 aromatic carbocycles. The molecule has 0 heterocycles. The van der Waals surface area contributed by atoms with E-state index in [0.717, 1.165) is 5.57 Å². The maximum atomic E-state index is 10.3. The third-order valence-corrected chi connectivity index (χ3v) is 1.91. The van der Waals surface area contributed by atoms with Gasteiger partial charge in [-0.1, -0.05) is 24.3 Å². The maximum Gasteiger partial charge on any atom is 0.307 e. The summed E-state index contributed by atoms with van der Waals surface area (Å²) in [7, 11) is 0. The molecule has 0 unspecified atom stereocenters. The Morgan fingerprint density at radius 1 is 1.43 bits per heavy atom. The Bertz CT molecular complexity index is 367. The van der Waals surface area contributed by atoms with Crippen molar-refractivity contribution in [1.29, 1.82) is 0 Å². The summed E-state index contributed by atoms with van der Waals surface area (Å²) in [6, 6.07) is 6.85. The molecule has 0 aliphatic rings. The first-order valence-corrected chi connectivity index (χ1v) is 4.28. The van der Waals surface area contributed by atoms with Gasteiger partial charge in [-0.2, -0.15) is 0 Å². The Labute approximate surface area is 82.3 Å². The second kappa shape index (κ2) is 4.46. The van der Waals surface area contributed by atoms with Gasteiger partial charge in [0.05, 0.1) is 6.42 Å². The van der Waals surface area contributed by atoms with Crippen LogP contribution in [-0.4, -0.2) is 16.2 Å². The van der Waals surface area contributed by atoms with Crippen molar-refractivity contribution in [3.8, 4) is 5.75 Å². The molecule has 0 saturated heterocycles. The van der Waals surface area contributed by atoms with E-state index in [1.807, 2.05) is 0 Å². The largest absolute Gasteiger partial charge is 0.507 e. The highest BCUT2D eigenvalue weighted by Crippen LogP contribution is 2.24. The number of aromatic hydroxyl groups is 1. The van der Waals surface area contributed by atoms with Crippen LogP contribution >= 0.6 is 0 Å². The van der Waals surface area contributed by atoms with E-state index in [9.17, 15) is 9.90 Å². The molecule has 0 radical (unpaired) electrons. The van der Waals surface area contributed by atoms with Crippen molar-refractivity contribution < 1.29 is 15.0 Å². The summed E-state index contributed by atoms with van der Waals surface area (Å²) in [6.45, 7) is 1.78. The third kappa shape index (κ3) is 2.62. The first-order valence-electron chi connectivity index (χ1n) is 4.28. The van der Waals surface area contributed by atoms with E-state index >= 15 is 0 Å². The van der Waals surface area contributed by atoms with Crippen LogP contribution in [0.3, 0.4) is 0 Å². The minimum atomic E-state index is -0.875. The van der Waals surface area contributed by atoms with Gasteiger partial charge in [-0.05, 0) is 18.6 Å². The summed E-state index contributed by atoms with van der Waals surface area (Å²) in [4.78, 5) is 10.3. The number of carboxylic acid groups (broad SMARTS) is 1. The van der Waals surface area contributed by atoms with Crippen LogP contribution < -0.4 is 0 Å². The fraction of sp³-hybridized carbons (Fsp3) is 0.182. The lowest BCUT2D eigenvalue weighted by molar-refractivity contribution is -0.135. The average molecular weight is 192 g/mol. The minimum absolute atomic E-state index is 0.0276. The first-order chi connectivity index (χ1) is 6.61. The van der Waals surface area contributed by atoms with Crippen molar-refractivity contribution in [1.82, 2.24) is 0 Å². The number of allylic oxidation sites excluding steroid dienone is 1. The molecule has 0 aliphatic heterocycles. The van der Waals surface area contributed by atoms with Crippen LogP contribution in [0.4, 0.5) is 0 Å². The first kappa shape index (κ1) is 10.3. The second-order valence-electron chi connectivity index (χ2n) is 3.00. The number of hydrogen-bond donors (Lipinski definition) is 2. The Hall–Kier alpha value is -1.77. The number of para-hydroxylation sites is 1. The predicted octanol–water partition coefficient (Wildman–Crippen LogP) is 2.27. The zero-order valence-corrected chi connectivity index (χ0v) is 7.90. The number of aliphatic carboxylic acids is 1. The van der Waals surface area contributed by atoms with E-state index in [1.165, 1.54) is 0 Å². The molecule has 0 aliphatic carbocycles. The van der Waals surface area contributed by atoms with Gasteiger partial charge < -0.3 is 10.2 Å². The van der Waals surface area contributed by atoms with Crippen molar-refractivity contribution in [3.63, 3.8) is 0 Å². The fourth-order valence-corrected chi connectivity index (χ4v) is 1.16. The fourth-order valence-electron chi connectivity index (χ4n) is 1.16. The molecule has 0 atom stereocenters. The Kier molecular flexibility index (Phi) is 3.29. The van der Waals surface area contributed by atoms with Crippen LogP contribution in [0.15, 0.2) is 30.3 Å². The van der Waals surface area contributed by atoms with Crippen molar-refractivity contribution in [3.05, 3.63) is 35.9 Å². The average Bonchev–Trinajstić information content (AvgIpc) is 2.15. The normalized spacial score (nSPS) is 11.4. The summed E-state index contributed by atoms with van der Waals surface area (Å²) in [5.41, 5.74) is 1.44. The number of benzene rings is 1. The van der Waals surface area contributed by atoms with Gasteiger partial charge in [-0.15, -0.1) is 0 Å². The van der Waals surface area contributed by atoms with Crippen LogP contribution in [-0.2, 0) is 4.79 Å². The molecule has 1 rings (SSSR count). The molecule has 1 aromatic rings. The number of carboxylic acids is 1. The van der Waals surface area contributed by atoms with Crippen LogP contribution in [0.1, 0.15) is 18.9 Å². The highest BCUT2D eigenvalue weighted by atomic mass is 16.4. The van der Waals surface area contributed by atoms with Crippen LogP contribution in [0.5, 0.6) is 5.75 Å². The monoisotopic (exact) mass is 192 g/mol. The molecule has 3 nitrogen and oxygen atoms in total. The standard InChI is InChI=1S/C11H12O3/c1-8(6-7-11(13)14)9-4-2-3-5-10(9)12/h2-6,12H,7H2,1H3,(H,13,14)/b8-6+. The maximum absolute atomic E-state index is 10.3. The van der Waals surface area contributed by atoms with Gasteiger partial charge >= 0.3 is 5.97 Å². The Morgan fingerprint density at radius 3 is 2.64 bits per heavy atom. The number of phenols is 1. The van der Waals surface area contributed by atoms with E-state index in [1.54, 1.807) is 37.3 Å². The summed E-state index contributed by atoms with van der Waals surface area (Å²) in [6.07, 6.45) is 1.55. The van der Waals surface area contributed by atoms with Gasteiger partial charge in [-0.3, -0.25) is 4.79 Å². The van der Waals surface area contributed by atoms with Gasteiger partial charge in [0.2, 0.25) is 0 Å². The topological polar surface area (TPSA) is 57.5 Å². The smallest absolute Gasteiger partial charge is 0.307 e. The third-order valence-electron chi connectivity index (χ3n) is 1.91. The molecular formula is C11H12O3. The van der Waals surface area contributed by atoms with Gasteiger partial charge in [0.1, 0.15) is 5.75 Å². The van der Waals surface area contributed by atoms with Gasteiger partial charge in [-0.25, -0.2) is 0 Å². The summed E-state index contributed by atoms with van der Waals surface area (Å²) in [5, 5.41) is 17.9. The number of rotatable bonds is 3. The van der Waals surface area contributed by atoms with Crippen molar-refractivity contribution in [2.24, 2.45) is 0 Å². The van der Waals surface area contributed by atoms with Crippen LogP contribution in [0.2, 0.25) is 0 Å². The molecule has 2 N–H and O–H groups in total. The van der Waals surface area contributed by atoms with Gasteiger partial charge in [0.15, 0.2) is 0 Å². The molecule has 74 valence electrons. The minimum Gasteiger partial charge on any atom is -0.507 e. The molecular weight excluding hydrogens is 180 g/mol. The SMILES string of the molecule is C/C(=C\CC(=O)O)c1ccccc1O. The lowest BCUT2D eigenvalue weighted by Gasteiger charge is -2.03. The number of carbonyl (C=O) groups is 1. The Morgan fingerprint density at radius 2 is 2.07 bits per heavy atom.